The molecule has 0 bridgehead atoms. The van der Waals surface area contributed by atoms with Crippen LogP contribution in [0.4, 0.5) is 0 Å². The van der Waals surface area contributed by atoms with Crippen molar-refractivity contribution in [3.63, 3.8) is 0 Å². The van der Waals surface area contributed by atoms with Crippen molar-refractivity contribution in [2.45, 2.75) is 6.92 Å². The Bertz CT molecular complexity index is 774. The van der Waals surface area contributed by atoms with Crippen LogP contribution < -0.4 is 0 Å². The van der Waals surface area contributed by atoms with E-state index in [0.29, 0.717) is 12.3 Å². The number of ether oxygens (including phenoxy) is 1. The molecule has 0 radical (unpaired) electrons. The van der Waals surface area contributed by atoms with Gasteiger partial charge in [0.2, 0.25) is 0 Å². The third kappa shape index (κ3) is 1.93. The van der Waals surface area contributed by atoms with Gasteiger partial charge in [-0.2, -0.15) is 10.2 Å². The summed E-state index contributed by atoms with van der Waals surface area (Å²) in [5.74, 6) is -0.450. The van der Waals surface area contributed by atoms with Gasteiger partial charge in [-0.1, -0.05) is 0 Å². The zero-order valence-electron chi connectivity index (χ0n) is 11.1. The van der Waals surface area contributed by atoms with Crippen molar-refractivity contribution in [2.24, 2.45) is 7.05 Å². The van der Waals surface area contributed by atoms with E-state index in [0.717, 1.165) is 11.4 Å². The van der Waals surface area contributed by atoms with Crippen LogP contribution in [0.1, 0.15) is 17.4 Å². The van der Waals surface area contributed by atoms with Gasteiger partial charge in [0.15, 0.2) is 11.3 Å². The van der Waals surface area contributed by atoms with E-state index in [9.17, 15) is 4.79 Å². The lowest BCUT2D eigenvalue weighted by molar-refractivity contribution is 0.0519. The normalized spacial score (nSPS) is 10.9. The van der Waals surface area contributed by atoms with E-state index >= 15 is 0 Å². The van der Waals surface area contributed by atoms with E-state index in [1.165, 1.54) is 0 Å². The molecule has 0 unspecified atom stereocenters. The van der Waals surface area contributed by atoms with Gasteiger partial charge in [-0.3, -0.25) is 4.68 Å². The maximum atomic E-state index is 11.7. The monoisotopic (exact) mass is 271 g/mol. The van der Waals surface area contributed by atoms with Crippen LogP contribution in [0.15, 0.2) is 30.6 Å². The van der Waals surface area contributed by atoms with E-state index in [1.54, 1.807) is 34.6 Å². The number of carbonyl (C=O) groups is 1. The average Bonchev–Trinajstić information content (AvgIpc) is 3.04. The number of carbonyl (C=O) groups excluding carboxylic acids is 1. The minimum Gasteiger partial charge on any atom is -0.461 e. The fourth-order valence-corrected chi connectivity index (χ4v) is 2.02. The molecule has 3 rings (SSSR count). The minimum atomic E-state index is -0.450. The maximum Gasteiger partial charge on any atom is 0.358 e. The Morgan fingerprint density at radius 2 is 2.10 bits per heavy atom. The van der Waals surface area contributed by atoms with Gasteiger partial charge in [-0.15, -0.1) is 0 Å². The van der Waals surface area contributed by atoms with Crippen molar-refractivity contribution in [3.05, 3.63) is 36.3 Å². The summed E-state index contributed by atoms with van der Waals surface area (Å²) in [7, 11) is 1.84. The Morgan fingerprint density at radius 3 is 2.80 bits per heavy atom. The summed E-state index contributed by atoms with van der Waals surface area (Å²) in [6, 6.07) is 5.31. The van der Waals surface area contributed by atoms with Gasteiger partial charge in [-0.25, -0.2) is 14.3 Å². The molecule has 0 saturated heterocycles. The summed E-state index contributed by atoms with van der Waals surface area (Å²) in [6.45, 7) is 2.07. The predicted octanol–water partition coefficient (Wildman–Crippen LogP) is 1.31. The number of rotatable bonds is 3. The first-order chi connectivity index (χ1) is 9.70. The molecule has 3 heterocycles. The second-order valence-corrected chi connectivity index (χ2v) is 4.19. The molecule has 3 aromatic rings. The third-order valence-corrected chi connectivity index (χ3v) is 2.93. The number of hydrogen-bond acceptors (Lipinski definition) is 5. The Kier molecular flexibility index (Phi) is 2.94. The molecule has 0 amide bonds. The van der Waals surface area contributed by atoms with Gasteiger partial charge in [0, 0.05) is 25.5 Å². The third-order valence-electron chi connectivity index (χ3n) is 2.93. The van der Waals surface area contributed by atoms with Crippen LogP contribution in [0.5, 0.6) is 0 Å². The van der Waals surface area contributed by atoms with Crippen molar-refractivity contribution in [1.29, 1.82) is 0 Å². The Labute approximate surface area is 114 Å². The van der Waals surface area contributed by atoms with Gasteiger partial charge in [0.1, 0.15) is 0 Å². The second-order valence-electron chi connectivity index (χ2n) is 4.19. The number of esters is 1. The number of aryl methyl sites for hydroxylation is 1. The van der Waals surface area contributed by atoms with Crippen molar-refractivity contribution < 1.29 is 9.53 Å². The molecule has 0 aromatic carbocycles. The lowest BCUT2D eigenvalue weighted by Gasteiger charge is -2.04. The smallest absolute Gasteiger partial charge is 0.358 e. The molecular weight excluding hydrogens is 258 g/mol. The Balaban J connectivity index is 2.15. The molecule has 0 aliphatic carbocycles. The van der Waals surface area contributed by atoms with E-state index in [1.807, 2.05) is 19.2 Å². The first kappa shape index (κ1) is 12.3. The largest absolute Gasteiger partial charge is 0.461 e. The first-order valence-electron chi connectivity index (χ1n) is 6.21. The van der Waals surface area contributed by atoms with Crippen LogP contribution in [-0.4, -0.2) is 37.0 Å². The maximum absolute atomic E-state index is 11.7. The van der Waals surface area contributed by atoms with Crippen LogP contribution in [0.3, 0.4) is 0 Å². The lowest BCUT2D eigenvalue weighted by Crippen LogP contribution is -2.06. The summed E-state index contributed by atoms with van der Waals surface area (Å²) in [4.78, 5) is 15.9. The quantitative estimate of drug-likeness (QED) is 0.671. The second kappa shape index (κ2) is 4.76. The molecule has 3 aromatic heterocycles. The number of aromatic nitrogens is 5. The Morgan fingerprint density at radius 1 is 1.30 bits per heavy atom. The minimum absolute atomic E-state index is 0.244. The van der Waals surface area contributed by atoms with Crippen LogP contribution in [0.25, 0.3) is 17.0 Å². The highest BCUT2D eigenvalue weighted by atomic mass is 16.5. The van der Waals surface area contributed by atoms with Gasteiger partial charge in [0.05, 0.1) is 18.0 Å². The molecule has 102 valence electrons. The van der Waals surface area contributed by atoms with Crippen LogP contribution in [0, 0.1) is 0 Å². The molecule has 0 atom stereocenters. The zero-order valence-corrected chi connectivity index (χ0v) is 11.1. The summed E-state index contributed by atoms with van der Waals surface area (Å²) in [6.07, 6.45) is 3.38. The molecular formula is C13H13N5O2. The summed E-state index contributed by atoms with van der Waals surface area (Å²) < 4.78 is 8.30. The molecule has 0 aliphatic rings. The van der Waals surface area contributed by atoms with E-state index in [4.69, 9.17) is 4.74 Å². The average molecular weight is 271 g/mol. The lowest BCUT2D eigenvalue weighted by atomic mass is 10.3. The standard InChI is InChI=1S/C13H13N5O2/c1-3-20-13(19)9-8-12-14-6-4-11(18(12)16-9)10-5-7-15-17(10)2/h4-8H,3H2,1-2H3. The molecule has 7 heteroatoms. The van der Waals surface area contributed by atoms with Crippen LogP contribution in [0.2, 0.25) is 0 Å². The summed E-state index contributed by atoms with van der Waals surface area (Å²) in [5, 5.41) is 8.40. The van der Waals surface area contributed by atoms with E-state index in [-0.39, 0.29) is 5.69 Å². The van der Waals surface area contributed by atoms with Crippen molar-refractivity contribution in [2.75, 3.05) is 6.61 Å². The zero-order chi connectivity index (χ0) is 14.1. The highest BCUT2D eigenvalue weighted by molar-refractivity contribution is 5.88. The molecule has 0 aliphatic heterocycles. The topological polar surface area (TPSA) is 74.3 Å². The highest BCUT2D eigenvalue weighted by Crippen LogP contribution is 2.19. The van der Waals surface area contributed by atoms with Crippen LogP contribution >= 0.6 is 0 Å². The fraction of sp³-hybridized carbons (Fsp3) is 0.231. The van der Waals surface area contributed by atoms with E-state index < -0.39 is 5.97 Å². The SMILES string of the molecule is CCOC(=O)c1cc2nccc(-c3ccnn3C)n2n1. The number of hydrogen-bond donors (Lipinski definition) is 0. The summed E-state index contributed by atoms with van der Waals surface area (Å²) in [5.41, 5.74) is 2.53. The molecule has 0 saturated carbocycles. The van der Waals surface area contributed by atoms with Crippen molar-refractivity contribution in [1.82, 2.24) is 24.4 Å². The first-order valence-corrected chi connectivity index (χ1v) is 6.21. The van der Waals surface area contributed by atoms with Crippen molar-refractivity contribution in [3.8, 4) is 11.4 Å². The number of nitrogens with zero attached hydrogens (tertiary/aromatic N) is 5. The van der Waals surface area contributed by atoms with E-state index in [2.05, 4.69) is 15.2 Å². The fourth-order valence-electron chi connectivity index (χ4n) is 2.02. The van der Waals surface area contributed by atoms with Gasteiger partial charge < -0.3 is 4.74 Å². The van der Waals surface area contributed by atoms with Crippen LogP contribution in [-0.2, 0) is 11.8 Å². The Hall–Kier alpha value is -2.70. The highest BCUT2D eigenvalue weighted by Gasteiger charge is 2.15. The molecule has 20 heavy (non-hydrogen) atoms. The molecule has 0 fully saturated rings. The molecule has 0 spiro atoms. The predicted molar refractivity (Wildman–Crippen MR) is 71.1 cm³/mol. The molecule has 0 N–H and O–H groups in total. The van der Waals surface area contributed by atoms with Crippen molar-refractivity contribution >= 4 is 11.6 Å². The summed E-state index contributed by atoms with van der Waals surface area (Å²) >= 11 is 0. The van der Waals surface area contributed by atoms with Gasteiger partial charge in [0.25, 0.3) is 0 Å². The molecule has 7 nitrogen and oxygen atoms in total. The van der Waals surface area contributed by atoms with Gasteiger partial charge in [-0.05, 0) is 19.1 Å². The number of fused-ring (bicyclic) bond motifs is 1. The van der Waals surface area contributed by atoms with Gasteiger partial charge >= 0.3 is 5.97 Å².